The number of hydrogen-bond acceptors (Lipinski definition) is 3. The van der Waals surface area contributed by atoms with E-state index >= 15 is 0 Å². The Hall–Kier alpha value is -1.30. The zero-order chi connectivity index (χ0) is 15.2. The van der Waals surface area contributed by atoms with Gasteiger partial charge in [0.25, 0.3) is 0 Å². The van der Waals surface area contributed by atoms with Crippen LogP contribution in [0.5, 0.6) is 0 Å². The van der Waals surface area contributed by atoms with Crippen LogP contribution >= 0.6 is 0 Å². The lowest BCUT2D eigenvalue weighted by atomic mass is 9.95. The molecule has 2 aliphatic rings. The number of carboxylic acid groups (broad SMARTS) is 1. The van der Waals surface area contributed by atoms with Crippen LogP contribution in [0.15, 0.2) is 0 Å². The van der Waals surface area contributed by atoms with Crippen molar-refractivity contribution >= 4 is 12.0 Å². The molecule has 2 N–H and O–H groups in total. The van der Waals surface area contributed by atoms with E-state index in [-0.39, 0.29) is 31.0 Å². The topological polar surface area (TPSA) is 81.1 Å². The van der Waals surface area contributed by atoms with Crippen LogP contribution in [0, 0.1) is 5.92 Å². The Balaban J connectivity index is 1.90. The zero-order valence-corrected chi connectivity index (χ0v) is 12.5. The van der Waals surface area contributed by atoms with Gasteiger partial charge >= 0.3 is 12.0 Å². The molecule has 0 spiro atoms. The van der Waals surface area contributed by atoms with Crippen molar-refractivity contribution in [1.29, 1.82) is 0 Å². The van der Waals surface area contributed by atoms with Crippen molar-refractivity contribution in [2.45, 2.75) is 51.0 Å². The first-order chi connectivity index (χ1) is 10.1. The summed E-state index contributed by atoms with van der Waals surface area (Å²) >= 11 is 0. The second kappa shape index (κ2) is 7.64. The summed E-state index contributed by atoms with van der Waals surface area (Å²) in [5.74, 6) is -0.699. The lowest BCUT2D eigenvalue weighted by Crippen LogP contribution is -2.49. The first-order valence-electron chi connectivity index (χ1n) is 8.00. The molecule has 6 heteroatoms. The van der Waals surface area contributed by atoms with Gasteiger partial charge < -0.3 is 20.0 Å². The van der Waals surface area contributed by atoms with E-state index in [1.165, 1.54) is 0 Å². The fourth-order valence-electron chi connectivity index (χ4n) is 3.55. The number of carboxylic acids is 1. The van der Waals surface area contributed by atoms with E-state index in [1.807, 2.05) is 9.80 Å². The first-order valence-corrected chi connectivity index (χ1v) is 8.00. The van der Waals surface area contributed by atoms with Crippen LogP contribution in [-0.2, 0) is 4.79 Å². The Labute approximate surface area is 125 Å². The number of urea groups is 1. The summed E-state index contributed by atoms with van der Waals surface area (Å²) in [4.78, 5) is 27.2. The number of rotatable bonds is 5. The van der Waals surface area contributed by atoms with Gasteiger partial charge in [0.2, 0.25) is 0 Å². The van der Waals surface area contributed by atoms with Gasteiger partial charge in [0, 0.05) is 38.7 Å². The van der Waals surface area contributed by atoms with Gasteiger partial charge in [0.05, 0.1) is 0 Å². The molecule has 2 aliphatic heterocycles. The summed E-state index contributed by atoms with van der Waals surface area (Å²) < 4.78 is 0. The molecule has 6 nitrogen and oxygen atoms in total. The Morgan fingerprint density at radius 3 is 2.62 bits per heavy atom. The van der Waals surface area contributed by atoms with E-state index < -0.39 is 5.97 Å². The molecule has 0 bridgehead atoms. The van der Waals surface area contributed by atoms with Crippen molar-refractivity contribution < 1.29 is 19.8 Å². The Morgan fingerprint density at radius 1 is 1.14 bits per heavy atom. The fraction of sp³-hybridized carbons (Fsp3) is 0.867. The van der Waals surface area contributed by atoms with Crippen molar-refractivity contribution in [2.75, 3.05) is 26.2 Å². The van der Waals surface area contributed by atoms with Crippen molar-refractivity contribution in [3.8, 4) is 0 Å². The molecule has 120 valence electrons. The quantitative estimate of drug-likeness (QED) is 0.806. The van der Waals surface area contributed by atoms with E-state index in [1.54, 1.807) is 0 Å². The van der Waals surface area contributed by atoms with E-state index in [4.69, 9.17) is 10.2 Å². The number of aliphatic hydroxyl groups is 1. The number of aliphatic hydroxyl groups excluding tert-OH is 1. The van der Waals surface area contributed by atoms with Crippen LogP contribution in [-0.4, -0.2) is 64.3 Å². The van der Waals surface area contributed by atoms with Gasteiger partial charge in [-0.25, -0.2) is 4.79 Å². The molecule has 2 rings (SSSR count). The van der Waals surface area contributed by atoms with Gasteiger partial charge in [-0.3, -0.25) is 4.79 Å². The largest absolute Gasteiger partial charge is 0.481 e. The molecule has 0 aromatic carbocycles. The van der Waals surface area contributed by atoms with E-state index in [0.717, 1.165) is 51.6 Å². The van der Waals surface area contributed by atoms with Gasteiger partial charge in [-0.1, -0.05) is 0 Å². The van der Waals surface area contributed by atoms with E-state index in [2.05, 4.69) is 0 Å². The molecule has 0 aromatic heterocycles. The molecule has 2 saturated heterocycles. The summed E-state index contributed by atoms with van der Waals surface area (Å²) in [7, 11) is 0. The number of nitrogens with zero attached hydrogens (tertiary/aromatic N) is 2. The minimum atomic E-state index is -0.781. The molecule has 0 aromatic rings. The van der Waals surface area contributed by atoms with Gasteiger partial charge in [-0.2, -0.15) is 0 Å². The molecule has 2 heterocycles. The highest BCUT2D eigenvalue weighted by Gasteiger charge is 2.33. The Morgan fingerprint density at radius 2 is 1.90 bits per heavy atom. The number of piperidine rings is 1. The third kappa shape index (κ3) is 4.33. The first kappa shape index (κ1) is 16.1. The van der Waals surface area contributed by atoms with Crippen molar-refractivity contribution in [3.05, 3.63) is 0 Å². The standard InChI is InChI=1S/C15H26N2O4/c18-9-3-6-13-5-2-8-17(13)15(21)16-7-1-4-12(11-16)10-14(19)20/h12-13,18H,1-11H2,(H,19,20). The van der Waals surface area contributed by atoms with Crippen molar-refractivity contribution in [3.63, 3.8) is 0 Å². The average Bonchev–Trinajstić information content (AvgIpc) is 2.92. The van der Waals surface area contributed by atoms with E-state index in [0.29, 0.717) is 6.54 Å². The predicted molar refractivity (Wildman–Crippen MR) is 78.0 cm³/mol. The molecule has 2 amide bonds. The van der Waals surface area contributed by atoms with Crippen molar-refractivity contribution in [1.82, 2.24) is 9.80 Å². The number of hydrogen-bond donors (Lipinski definition) is 2. The molecule has 2 atom stereocenters. The summed E-state index contributed by atoms with van der Waals surface area (Å²) in [6.07, 6.45) is 5.55. The van der Waals surface area contributed by atoms with Crippen LogP contribution in [0.25, 0.3) is 0 Å². The summed E-state index contributed by atoms with van der Waals surface area (Å²) in [5.41, 5.74) is 0. The van der Waals surface area contributed by atoms with Gasteiger partial charge in [0.1, 0.15) is 0 Å². The number of aliphatic carboxylic acids is 1. The molecule has 0 radical (unpaired) electrons. The molecule has 2 fully saturated rings. The fourth-order valence-corrected chi connectivity index (χ4v) is 3.55. The number of amides is 2. The highest BCUT2D eigenvalue weighted by atomic mass is 16.4. The SMILES string of the molecule is O=C(O)CC1CCCN(C(=O)N2CCCC2CCCO)C1. The minimum absolute atomic E-state index is 0.0607. The third-order valence-electron chi connectivity index (χ3n) is 4.57. The highest BCUT2D eigenvalue weighted by Crippen LogP contribution is 2.26. The maximum absolute atomic E-state index is 12.6. The number of likely N-dealkylation sites (tertiary alicyclic amines) is 2. The number of carbonyl (C=O) groups excluding carboxylic acids is 1. The van der Waals surface area contributed by atoms with E-state index in [9.17, 15) is 9.59 Å². The highest BCUT2D eigenvalue weighted by molar-refractivity contribution is 5.75. The second-order valence-corrected chi connectivity index (χ2v) is 6.19. The molecular formula is C15H26N2O4. The van der Waals surface area contributed by atoms with Crippen LogP contribution in [0.3, 0.4) is 0 Å². The smallest absolute Gasteiger partial charge is 0.320 e. The lowest BCUT2D eigenvalue weighted by molar-refractivity contribution is -0.138. The molecule has 0 saturated carbocycles. The van der Waals surface area contributed by atoms with Crippen LogP contribution in [0.4, 0.5) is 4.79 Å². The average molecular weight is 298 g/mol. The summed E-state index contributed by atoms with van der Waals surface area (Å²) in [5, 5.41) is 17.9. The van der Waals surface area contributed by atoms with Gasteiger partial charge in [0.15, 0.2) is 0 Å². The normalized spacial score (nSPS) is 26.1. The molecule has 21 heavy (non-hydrogen) atoms. The van der Waals surface area contributed by atoms with Crippen LogP contribution in [0.1, 0.15) is 44.9 Å². The van der Waals surface area contributed by atoms with Crippen molar-refractivity contribution in [2.24, 2.45) is 5.92 Å². The van der Waals surface area contributed by atoms with Gasteiger partial charge in [-0.05, 0) is 44.4 Å². The Kier molecular flexibility index (Phi) is 5.85. The molecular weight excluding hydrogens is 272 g/mol. The summed E-state index contributed by atoms with van der Waals surface area (Å²) in [6.45, 7) is 2.25. The lowest BCUT2D eigenvalue weighted by Gasteiger charge is -2.36. The third-order valence-corrected chi connectivity index (χ3v) is 4.57. The predicted octanol–water partition coefficient (Wildman–Crippen LogP) is 1.53. The van der Waals surface area contributed by atoms with Crippen LogP contribution < -0.4 is 0 Å². The maximum Gasteiger partial charge on any atom is 0.320 e. The maximum atomic E-state index is 12.6. The van der Waals surface area contributed by atoms with Gasteiger partial charge in [-0.15, -0.1) is 0 Å². The Bertz CT molecular complexity index is 375. The second-order valence-electron chi connectivity index (χ2n) is 6.19. The monoisotopic (exact) mass is 298 g/mol. The summed E-state index contributed by atoms with van der Waals surface area (Å²) in [6, 6.07) is 0.301. The molecule has 2 unspecified atom stereocenters. The van der Waals surface area contributed by atoms with Crippen LogP contribution in [0.2, 0.25) is 0 Å². The molecule has 0 aliphatic carbocycles. The minimum Gasteiger partial charge on any atom is -0.481 e. The number of carbonyl (C=O) groups is 2. The zero-order valence-electron chi connectivity index (χ0n) is 12.5.